The summed E-state index contributed by atoms with van der Waals surface area (Å²) in [5.41, 5.74) is 1.10. The second kappa shape index (κ2) is 7.04. The molecule has 0 aromatic heterocycles. The van der Waals surface area contributed by atoms with Crippen molar-refractivity contribution in [3.63, 3.8) is 0 Å². The van der Waals surface area contributed by atoms with Crippen LogP contribution in [0.1, 0.15) is 24.8 Å². The van der Waals surface area contributed by atoms with Crippen molar-refractivity contribution in [1.82, 2.24) is 10.2 Å². The van der Waals surface area contributed by atoms with Gasteiger partial charge in [0.2, 0.25) is 5.91 Å². The number of hydrogen-bond acceptors (Lipinski definition) is 3. The Kier molecular flexibility index (Phi) is 5.24. The van der Waals surface area contributed by atoms with Gasteiger partial charge in [-0.05, 0) is 31.2 Å². The zero-order chi connectivity index (χ0) is 15.0. The minimum atomic E-state index is -0.202. The van der Waals surface area contributed by atoms with Crippen molar-refractivity contribution < 1.29 is 4.79 Å². The summed E-state index contributed by atoms with van der Waals surface area (Å²) in [5.74, 6) is 2.60. The maximum atomic E-state index is 13.4. The fourth-order valence-corrected chi connectivity index (χ4v) is 5.45. The van der Waals surface area contributed by atoms with E-state index in [1.807, 2.05) is 11.8 Å². The van der Waals surface area contributed by atoms with E-state index in [1.165, 1.54) is 12.0 Å². The largest absolute Gasteiger partial charge is 0.341 e. The van der Waals surface area contributed by atoms with Gasteiger partial charge in [-0.25, -0.2) is 0 Å². The van der Waals surface area contributed by atoms with Crippen molar-refractivity contribution >= 4 is 30.1 Å². The first-order chi connectivity index (χ1) is 10.8. The molecule has 3 aliphatic heterocycles. The maximum absolute atomic E-state index is 13.4. The number of hydrogen-bond donors (Lipinski definition) is 1. The molecule has 3 saturated heterocycles. The summed E-state index contributed by atoms with van der Waals surface area (Å²) in [7, 11) is 0. The van der Waals surface area contributed by atoms with Gasteiger partial charge in [-0.15, -0.1) is 12.4 Å². The third-order valence-electron chi connectivity index (χ3n) is 5.60. The summed E-state index contributed by atoms with van der Waals surface area (Å²) in [6.45, 7) is 1.86. The van der Waals surface area contributed by atoms with Crippen molar-refractivity contribution in [3.8, 4) is 0 Å². The molecule has 126 valence electrons. The van der Waals surface area contributed by atoms with E-state index in [0.29, 0.717) is 18.0 Å². The lowest BCUT2D eigenvalue weighted by Gasteiger charge is -2.40. The molecule has 3 aliphatic rings. The van der Waals surface area contributed by atoms with E-state index in [1.54, 1.807) is 0 Å². The normalized spacial score (nSPS) is 32.6. The van der Waals surface area contributed by atoms with E-state index in [2.05, 4.69) is 40.5 Å². The monoisotopic (exact) mass is 352 g/mol. The Balaban J connectivity index is 0.00000156. The summed E-state index contributed by atoms with van der Waals surface area (Å²) in [5, 5.41) is 3.71. The molecule has 5 heteroatoms. The molecule has 4 rings (SSSR count). The third kappa shape index (κ3) is 3.13. The van der Waals surface area contributed by atoms with Crippen molar-refractivity contribution in [2.24, 2.45) is 5.41 Å². The molecule has 1 aromatic rings. The first-order valence-electron chi connectivity index (χ1n) is 8.45. The van der Waals surface area contributed by atoms with Crippen LogP contribution in [0.5, 0.6) is 0 Å². The Morgan fingerprint density at radius 1 is 1.22 bits per heavy atom. The lowest BCUT2D eigenvalue weighted by Crippen LogP contribution is -2.53. The van der Waals surface area contributed by atoms with Crippen LogP contribution >= 0.6 is 24.2 Å². The molecule has 0 radical (unpaired) electrons. The van der Waals surface area contributed by atoms with E-state index in [0.717, 1.165) is 43.9 Å². The summed E-state index contributed by atoms with van der Waals surface area (Å²) in [6.07, 6.45) is 4.32. The van der Waals surface area contributed by atoms with Gasteiger partial charge in [0.25, 0.3) is 0 Å². The lowest BCUT2D eigenvalue weighted by atomic mass is 9.69. The number of thioether (sulfide) groups is 1. The van der Waals surface area contributed by atoms with Crippen LogP contribution in [0, 0.1) is 5.41 Å². The molecule has 3 heterocycles. The van der Waals surface area contributed by atoms with Crippen molar-refractivity contribution in [2.75, 3.05) is 24.6 Å². The average molecular weight is 353 g/mol. The molecule has 1 aromatic carbocycles. The Hall–Kier alpha value is -0.710. The number of benzene rings is 1. The van der Waals surface area contributed by atoms with Gasteiger partial charge in [-0.3, -0.25) is 4.79 Å². The van der Waals surface area contributed by atoms with Gasteiger partial charge >= 0.3 is 0 Å². The number of fused-ring (bicyclic) bond motifs is 2. The number of nitrogens with zero attached hydrogens (tertiary/aromatic N) is 1. The summed E-state index contributed by atoms with van der Waals surface area (Å²) in [4.78, 5) is 15.5. The predicted octanol–water partition coefficient (Wildman–Crippen LogP) is 2.74. The molecule has 2 bridgehead atoms. The SMILES string of the molecule is Cl.O=C(N1CCSCC1)[C@]1(Cc2ccccc2)C[C@@H]2CC[C@H]1N2. The van der Waals surface area contributed by atoms with Crippen molar-refractivity contribution in [3.05, 3.63) is 35.9 Å². The molecule has 23 heavy (non-hydrogen) atoms. The third-order valence-corrected chi connectivity index (χ3v) is 6.55. The standard InChI is InChI=1S/C18H24N2OS.ClH/c21-17(20-8-10-22-11-9-20)18(12-14-4-2-1-3-5-14)13-15-6-7-16(18)19-15;/h1-5,15-16,19H,6-13H2;1H/t15-,16+,18+;/m0./s1. The van der Waals surface area contributed by atoms with Gasteiger partial charge in [0.05, 0.1) is 5.41 Å². The first-order valence-corrected chi connectivity index (χ1v) is 9.60. The molecule has 3 nitrogen and oxygen atoms in total. The fourth-order valence-electron chi connectivity index (χ4n) is 4.55. The van der Waals surface area contributed by atoms with Crippen LogP contribution in [0.25, 0.3) is 0 Å². The van der Waals surface area contributed by atoms with Crippen LogP contribution < -0.4 is 5.32 Å². The van der Waals surface area contributed by atoms with E-state index in [-0.39, 0.29) is 17.8 Å². The average Bonchev–Trinajstić information content (AvgIpc) is 3.17. The summed E-state index contributed by atoms with van der Waals surface area (Å²) >= 11 is 1.97. The van der Waals surface area contributed by atoms with Crippen LogP contribution in [0.4, 0.5) is 0 Å². The number of amides is 1. The molecule has 0 spiro atoms. The summed E-state index contributed by atoms with van der Waals surface area (Å²) in [6, 6.07) is 11.5. The van der Waals surface area contributed by atoms with Crippen LogP contribution in [-0.2, 0) is 11.2 Å². The molecular weight excluding hydrogens is 328 g/mol. The zero-order valence-electron chi connectivity index (χ0n) is 13.4. The van der Waals surface area contributed by atoms with Crippen LogP contribution in [0.3, 0.4) is 0 Å². The first kappa shape index (κ1) is 17.1. The number of halogens is 1. The zero-order valence-corrected chi connectivity index (χ0v) is 15.0. The minimum absolute atomic E-state index is 0. The fraction of sp³-hybridized carbons (Fsp3) is 0.611. The number of carbonyl (C=O) groups excluding carboxylic acids is 1. The smallest absolute Gasteiger partial charge is 0.230 e. The second-order valence-corrected chi connectivity index (χ2v) is 8.15. The summed E-state index contributed by atoms with van der Waals surface area (Å²) < 4.78 is 0. The van der Waals surface area contributed by atoms with Gasteiger partial charge in [-0.1, -0.05) is 30.3 Å². The van der Waals surface area contributed by atoms with E-state index in [4.69, 9.17) is 0 Å². The van der Waals surface area contributed by atoms with Gasteiger partial charge < -0.3 is 10.2 Å². The van der Waals surface area contributed by atoms with Gasteiger partial charge in [0.1, 0.15) is 0 Å². The second-order valence-electron chi connectivity index (χ2n) is 6.92. The minimum Gasteiger partial charge on any atom is -0.341 e. The highest BCUT2D eigenvalue weighted by Gasteiger charge is 2.56. The molecule has 3 atom stereocenters. The quantitative estimate of drug-likeness (QED) is 0.907. The van der Waals surface area contributed by atoms with E-state index in [9.17, 15) is 4.79 Å². The molecule has 0 unspecified atom stereocenters. The van der Waals surface area contributed by atoms with Crippen LogP contribution in [0.15, 0.2) is 30.3 Å². The van der Waals surface area contributed by atoms with Gasteiger partial charge in [0, 0.05) is 36.7 Å². The molecule has 3 fully saturated rings. The van der Waals surface area contributed by atoms with Gasteiger partial charge in [0.15, 0.2) is 0 Å². The van der Waals surface area contributed by atoms with Crippen molar-refractivity contribution in [2.45, 2.75) is 37.8 Å². The lowest BCUT2D eigenvalue weighted by molar-refractivity contribution is -0.143. The molecule has 1 amide bonds. The Morgan fingerprint density at radius 2 is 1.96 bits per heavy atom. The highest BCUT2D eigenvalue weighted by molar-refractivity contribution is 7.99. The Labute approximate surface area is 149 Å². The molecule has 1 N–H and O–H groups in total. The maximum Gasteiger partial charge on any atom is 0.230 e. The highest BCUT2D eigenvalue weighted by Crippen LogP contribution is 2.47. The Morgan fingerprint density at radius 3 is 2.57 bits per heavy atom. The van der Waals surface area contributed by atoms with Crippen molar-refractivity contribution in [1.29, 1.82) is 0 Å². The molecule has 0 aliphatic carbocycles. The van der Waals surface area contributed by atoms with Crippen LogP contribution in [0.2, 0.25) is 0 Å². The van der Waals surface area contributed by atoms with E-state index < -0.39 is 0 Å². The number of nitrogens with one attached hydrogen (secondary N) is 1. The highest BCUT2D eigenvalue weighted by atomic mass is 35.5. The molecule has 0 saturated carbocycles. The predicted molar refractivity (Wildman–Crippen MR) is 98.3 cm³/mol. The topological polar surface area (TPSA) is 32.3 Å². The number of carbonyl (C=O) groups is 1. The molecular formula is C18H25ClN2OS. The van der Waals surface area contributed by atoms with Gasteiger partial charge in [-0.2, -0.15) is 11.8 Å². The van der Waals surface area contributed by atoms with E-state index >= 15 is 0 Å². The number of rotatable bonds is 3. The van der Waals surface area contributed by atoms with Crippen LogP contribution in [-0.4, -0.2) is 47.5 Å². The Bertz CT molecular complexity index is 549.